The van der Waals surface area contributed by atoms with E-state index in [1.165, 1.54) is 5.56 Å². The summed E-state index contributed by atoms with van der Waals surface area (Å²) in [4.78, 5) is 32.9. The number of anilines is 1. The number of carbonyl (C=O) groups excluding carboxylic acids is 2. The molecule has 7 nitrogen and oxygen atoms in total. The second-order valence-electron chi connectivity index (χ2n) is 13.9. The monoisotopic (exact) mass is 730 g/mol. The molecule has 6 aromatic rings. The number of benzene rings is 5. The van der Waals surface area contributed by atoms with E-state index in [-0.39, 0.29) is 18.4 Å². The molecule has 0 unspecified atom stereocenters. The normalized spacial score (nSPS) is 13.4. The second kappa shape index (κ2) is 15.5. The minimum Gasteiger partial charge on any atom is -0.489 e. The van der Waals surface area contributed by atoms with Gasteiger partial charge in [0, 0.05) is 52.9 Å². The van der Waals surface area contributed by atoms with Gasteiger partial charge in [-0.05, 0) is 103 Å². The summed E-state index contributed by atoms with van der Waals surface area (Å²) in [6.07, 6.45) is 3.43. The Bertz CT molecular complexity index is 2380. The number of aromatic nitrogens is 1. The molecule has 0 radical (unpaired) electrons. The summed E-state index contributed by atoms with van der Waals surface area (Å²) in [6, 6.07) is 42.8. The quantitative estimate of drug-likeness (QED) is 0.148. The molecule has 54 heavy (non-hydrogen) atoms. The SMILES string of the molecule is N#Cc1ccccc1CN(C(=O)c1cc(-c2cc(Cl)ccc2C(=O)N2CCc3ccccc3C2)n2c1CCCC2)c1ccc(OCc2ccccc2)cc1. The molecule has 2 amide bonds. The molecule has 8 heteroatoms. The van der Waals surface area contributed by atoms with Crippen molar-refractivity contribution in [2.75, 3.05) is 11.4 Å². The van der Waals surface area contributed by atoms with Crippen LogP contribution in [0.4, 0.5) is 5.69 Å². The summed E-state index contributed by atoms with van der Waals surface area (Å²) in [5.74, 6) is 0.450. The maximum Gasteiger partial charge on any atom is 0.260 e. The van der Waals surface area contributed by atoms with Crippen LogP contribution in [0.2, 0.25) is 5.02 Å². The van der Waals surface area contributed by atoms with Crippen molar-refractivity contribution in [1.82, 2.24) is 9.47 Å². The van der Waals surface area contributed by atoms with E-state index in [1.54, 1.807) is 17.0 Å². The molecule has 2 aliphatic rings. The standard InChI is InChI=1S/C46H39ClN4O3/c47-37-17-22-40(45(52)49-25-23-33-12-4-6-14-35(33)29-49)41(26-37)44-27-42(43-16-8-9-24-50(43)44)46(53)51(30-36-15-7-5-13-34(36)28-48)38-18-20-39(21-19-38)54-31-32-10-2-1-3-11-32/h1-7,10-15,17-22,26-27H,8-9,16,23-25,29-31H2. The van der Waals surface area contributed by atoms with Gasteiger partial charge < -0.3 is 19.1 Å². The lowest BCUT2D eigenvalue weighted by atomic mass is 9.97. The summed E-state index contributed by atoms with van der Waals surface area (Å²) in [5.41, 5.74) is 9.04. The third-order valence-electron chi connectivity index (χ3n) is 10.5. The third kappa shape index (κ3) is 7.13. The predicted octanol–water partition coefficient (Wildman–Crippen LogP) is 9.64. The maximum atomic E-state index is 15.0. The lowest BCUT2D eigenvalue weighted by Gasteiger charge is -2.30. The summed E-state index contributed by atoms with van der Waals surface area (Å²) < 4.78 is 8.26. The second-order valence-corrected chi connectivity index (χ2v) is 14.3. The van der Waals surface area contributed by atoms with Gasteiger partial charge in [-0.15, -0.1) is 0 Å². The Morgan fingerprint density at radius 3 is 2.35 bits per heavy atom. The topological polar surface area (TPSA) is 78.6 Å². The summed E-state index contributed by atoms with van der Waals surface area (Å²) >= 11 is 6.65. The van der Waals surface area contributed by atoms with E-state index in [0.717, 1.165) is 65.9 Å². The minimum atomic E-state index is -0.180. The lowest BCUT2D eigenvalue weighted by Crippen LogP contribution is -2.36. The Morgan fingerprint density at radius 1 is 0.778 bits per heavy atom. The molecule has 5 aromatic carbocycles. The number of hydrogen-bond donors (Lipinski definition) is 0. The van der Waals surface area contributed by atoms with Crippen LogP contribution in [0.15, 0.2) is 127 Å². The van der Waals surface area contributed by atoms with Crippen LogP contribution in [0.5, 0.6) is 5.75 Å². The van der Waals surface area contributed by atoms with Gasteiger partial charge in [0.05, 0.1) is 23.7 Å². The average molecular weight is 731 g/mol. The van der Waals surface area contributed by atoms with Crippen LogP contribution >= 0.6 is 11.6 Å². The van der Waals surface area contributed by atoms with E-state index in [2.05, 4.69) is 22.8 Å². The number of nitrogens with zero attached hydrogens (tertiary/aromatic N) is 4. The van der Waals surface area contributed by atoms with Crippen molar-refractivity contribution in [3.05, 3.63) is 177 Å². The first-order valence-electron chi connectivity index (χ1n) is 18.4. The van der Waals surface area contributed by atoms with Gasteiger partial charge in [-0.1, -0.05) is 84.4 Å². The summed E-state index contributed by atoms with van der Waals surface area (Å²) in [6.45, 7) is 2.52. The van der Waals surface area contributed by atoms with Gasteiger partial charge in [0.1, 0.15) is 12.4 Å². The van der Waals surface area contributed by atoms with Crippen molar-refractivity contribution in [3.8, 4) is 23.1 Å². The zero-order valence-electron chi connectivity index (χ0n) is 29.9. The first kappa shape index (κ1) is 35.0. The fraction of sp³-hybridized carbons (Fsp3) is 0.196. The van der Waals surface area contributed by atoms with Crippen molar-refractivity contribution in [1.29, 1.82) is 5.26 Å². The Hall–Kier alpha value is -6.10. The fourth-order valence-corrected chi connectivity index (χ4v) is 7.84. The van der Waals surface area contributed by atoms with Crippen LogP contribution in [-0.4, -0.2) is 27.8 Å². The van der Waals surface area contributed by atoms with Crippen LogP contribution in [0, 0.1) is 11.3 Å². The zero-order chi connectivity index (χ0) is 37.0. The first-order chi connectivity index (χ1) is 26.5. The van der Waals surface area contributed by atoms with E-state index < -0.39 is 0 Å². The number of rotatable bonds is 9. The molecule has 8 rings (SSSR count). The van der Waals surface area contributed by atoms with Crippen molar-refractivity contribution in [3.63, 3.8) is 0 Å². The Kier molecular flexibility index (Phi) is 10.0. The van der Waals surface area contributed by atoms with Gasteiger partial charge in [0.15, 0.2) is 0 Å². The van der Waals surface area contributed by atoms with Gasteiger partial charge in [0.2, 0.25) is 0 Å². The van der Waals surface area contributed by atoms with Crippen molar-refractivity contribution in [2.24, 2.45) is 0 Å². The number of carbonyl (C=O) groups is 2. The Balaban J connectivity index is 1.16. The van der Waals surface area contributed by atoms with Crippen LogP contribution < -0.4 is 9.64 Å². The maximum absolute atomic E-state index is 15.0. The molecule has 2 aliphatic heterocycles. The molecule has 0 atom stereocenters. The number of hydrogen-bond acceptors (Lipinski definition) is 4. The average Bonchev–Trinajstić information content (AvgIpc) is 3.62. The van der Waals surface area contributed by atoms with E-state index in [0.29, 0.717) is 52.8 Å². The molecule has 1 aromatic heterocycles. The van der Waals surface area contributed by atoms with E-state index in [1.807, 2.05) is 108 Å². The largest absolute Gasteiger partial charge is 0.489 e. The Labute approximate surface area is 320 Å². The van der Waals surface area contributed by atoms with Gasteiger partial charge >= 0.3 is 0 Å². The van der Waals surface area contributed by atoms with Gasteiger partial charge in [-0.25, -0.2) is 0 Å². The molecule has 0 bridgehead atoms. The molecular formula is C46H39ClN4O3. The zero-order valence-corrected chi connectivity index (χ0v) is 30.6. The molecule has 268 valence electrons. The molecule has 0 N–H and O–H groups in total. The molecule has 0 saturated carbocycles. The van der Waals surface area contributed by atoms with E-state index in [4.69, 9.17) is 16.3 Å². The summed E-state index contributed by atoms with van der Waals surface area (Å²) in [5, 5.41) is 10.5. The van der Waals surface area contributed by atoms with Crippen LogP contribution in [0.1, 0.15) is 67.1 Å². The summed E-state index contributed by atoms with van der Waals surface area (Å²) in [7, 11) is 0. The van der Waals surface area contributed by atoms with E-state index in [9.17, 15) is 10.1 Å². The van der Waals surface area contributed by atoms with Crippen LogP contribution in [0.3, 0.4) is 0 Å². The highest BCUT2D eigenvalue weighted by Gasteiger charge is 2.31. The van der Waals surface area contributed by atoms with Crippen molar-refractivity contribution < 1.29 is 14.3 Å². The first-order valence-corrected chi connectivity index (χ1v) is 18.8. The van der Waals surface area contributed by atoms with Gasteiger partial charge in [-0.3, -0.25) is 9.59 Å². The molecule has 0 spiro atoms. The molecular weight excluding hydrogens is 692 g/mol. The third-order valence-corrected chi connectivity index (χ3v) is 10.7. The number of halogens is 1. The number of fused-ring (bicyclic) bond motifs is 2. The van der Waals surface area contributed by atoms with Crippen molar-refractivity contribution >= 4 is 29.1 Å². The van der Waals surface area contributed by atoms with Crippen LogP contribution in [-0.2, 0) is 39.1 Å². The molecule has 0 aliphatic carbocycles. The lowest BCUT2D eigenvalue weighted by molar-refractivity contribution is 0.0735. The Morgan fingerprint density at radius 2 is 1.54 bits per heavy atom. The van der Waals surface area contributed by atoms with Gasteiger partial charge in [0.25, 0.3) is 11.8 Å². The van der Waals surface area contributed by atoms with Crippen LogP contribution in [0.25, 0.3) is 11.3 Å². The molecule has 0 fully saturated rings. The smallest absolute Gasteiger partial charge is 0.260 e. The highest BCUT2D eigenvalue weighted by Crippen LogP contribution is 2.37. The van der Waals surface area contributed by atoms with Crippen molar-refractivity contribution in [2.45, 2.75) is 51.9 Å². The number of amides is 2. The number of ether oxygens (including phenoxy) is 1. The number of nitriles is 1. The minimum absolute atomic E-state index is 0.0558. The molecule has 0 saturated heterocycles. The fourth-order valence-electron chi connectivity index (χ4n) is 7.67. The highest BCUT2D eigenvalue weighted by atomic mass is 35.5. The highest BCUT2D eigenvalue weighted by molar-refractivity contribution is 6.31. The molecule has 3 heterocycles. The van der Waals surface area contributed by atoms with E-state index >= 15 is 4.79 Å². The predicted molar refractivity (Wildman–Crippen MR) is 212 cm³/mol. The van der Waals surface area contributed by atoms with Gasteiger partial charge in [-0.2, -0.15) is 5.26 Å².